The van der Waals surface area contributed by atoms with Crippen molar-refractivity contribution in [3.8, 4) is 0 Å². The lowest BCUT2D eigenvalue weighted by atomic mass is 9.74. The van der Waals surface area contributed by atoms with E-state index in [0.29, 0.717) is 5.78 Å². The molecule has 0 amide bonds. The van der Waals surface area contributed by atoms with Gasteiger partial charge in [-0.05, 0) is 25.7 Å². The molecule has 0 N–H and O–H groups in total. The van der Waals surface area contributed by atoms with Gasteiger partial charge in [-0.25, -0.2) is 0 Å². The average molecular weight is 195 g/mol. The van der Waals surface area contributed by atoms with Crippen molar-refractivity contribution in [2.75, 3.05) is 19.7 Å². The average Bonchev–Trinajstić information content (AvgIpc) is 2.59. The highest BCUT2D eigenvalue weighted by molar-refractivity contribution is 5.83. The highest BCUT2D eigenvalue weighted by atomic mass is 16.5. The van der Waals surface area contributed by atoms with E-state index in [1.807, 2.05) is 0 Å². The Hall–Kier alpha value is -0.410. The smallest absolute Gasteiger partial charge is 0.140 e. The van der Waals surface area contributed by atoms with Gasteiger partial charge >= 0.3 is 0 Å². The van der Waals surface area contributed by atoms with Crippen molar-refractivity contribution in [1.82, 2.24) is 4.90 Å². The standard InChI is InChI=1S/C11H17NO2/c13-10-4-1-5-11-9(10)3-2-6-12(11)7-8-14-11/h9H,1-8H2. The normalized spacial score (nSPS) is 43.4. The van der Waals surface area contributed by atoms with Crippen LogP contribution in [0.3, 0.4) is 0 Å². The third-order valence-corrected chi connectivity index (χ3v) is 4.06. The molecule has 0 aromatic carbocycles. The summed E-state index contributed by atoms with van der Waals surface area (Å²) in [5.74, 6) is 0.635. The quantitative estimate of drug-likeness (QED) is 0.581. The van der Waals surface area contributed by atoms with E-state index in [2.05, 4.69) is 4.90 Å². The maximum atomic E-state index is 11.9. The summed E-state index contributed by atoms with van der Waals surface area (Å²) in [6.07, 6.45) is 5.09. The van der Waals surface area contributed by atoms with Crippen LogP contribution >= 0.6 is 0 Å². The lowest BCUT2D eigenvalue weighted by Gasteiger charge is -2.48. The molecule has 2 saturated heterocycles. The van der Waals surface area contributed by atoms with Crippen molar-refractivity contribution in [2.24, 2.45) is 5.92 Å². The van der Waals surface area contributed by atoms with E-state index in [0.717, 1.165) is 45.4 Å². The van der Waals surface area contributed by atoms with Crippen LogP contribution in [-0.4, -0.2) is 36.1 Å². The molecule has 2 unspecified atom stereocenters. The topological polar surface area (TPSA) is 29.5 Å². The summed E-state index contributed by atoms with van der Waals surface area (Å²) < 4.78 is 5.92. The van der Waals surface area contributed by atoms with E-state index in [-0.39, 0.29) is 11.6 Å². The lowest BCUT2D eigenvalue weighted by Crippen LogP contribution is -2.58. The summed E-state index contributed by atoms with van der Waals surface area (Å²) in [7, 11) is 0. The molecule has 3 nitrogen and oxygen atoms in total. The Kier molecular flexibility index (Phi) is 1.92. The number of ketones is 1. The molecule has 0 radical (unpaired) electrons. The Bertz CT molecular complexity index is 266. The highest BCUT2D eigenvalue weighted by Crippen LogP contribution is 2.45. The van der Waals surface area contributed by atoms with E-state index in [1.54, 1.807) is 0 Å². The number of ether oxygens (including phenoxy) is 1. The second kappa shape index (κ2) is 3.04. The second-order valence-corrected chi connectivity index (χ2v) is 4.70. The van der Waals surface area contributed by atoms with E-state index >= 15 is 0 Å². The summed E-state index contributed by atoms with van der Waals surface area (Å²) in [5.41, 5.74) is -0.159. The van der Waals surface area contributed by atoms with Crippen LogP contribution in [0, 0.1) is 5.92 Å². The minimum atomic E-state index is -0.159. The molecule has 3 aliphatic rings. The maximum absolute atomic E-state index is 11.9. The SMILES string of the molecule is O=C1CCCC23OCCN2CCCC13. The van der Waals surface area contributed by atoms with E-state index < -0.39 is 0 Å². The van der Waals surface area contributed by atoms with E-state index in [4.69, 9.17) is 4.74 Å². The van der Waals surface area contributed by atoms with Crippen LogP contribution < -0.4 is 0 Å². The fraction of sp³-hybridized carbons (Fsp3) is 0.909. The predicted molar refractivity (Wildman–Crippen MR) is 51.8 cm³/mol. The van der Waals surface area contributed by atoms with Crippen LogP contribution in [0.2, 0.25) is 0 Å². The molecule has 1 spiro atoms. The third kappa shape index (κ3) is 1.03. The van der Waals surface area contributed by atoms with Crippen LogP contribution in [0.5, 0.6) is 0 Å². The number of carbonyl (C=O) groups excluding carboxylic acids is 1. The third-order valence-electron chi connectivity index (χ3n) is 4.06. The molecular weight excluding hydrogens is 178 g/mol. The fourth-order valence-electron chi connectivity index (χ4n) is 3.45. The van der Waals surface area contributed by atoms with Gasteiger partial charge in [0.05, 0.1) is 12.5 Å². The highest BCUT2D eigenvalue weighted by Gasteiger charge is 2.54. The number of piperidine rings is 1. The molecular formula is C11H17NO2. The molecule has 0 bridgehead atoms. The first kappa shape index (κ1) is 8.86. The Balaban J connectivity index is 1.95. The maximum Gasteiger partial charge on any atom is 0.140 e. The fourth-order valence-corrected chi connectivity index (χ4v) is 3.45. The molecule has 3 rings (SSSR count). The lowest BCUT2D eigenvalue weighted by molar-refractivity contribution is -0.175. The van der Waals surface area contributed by atoms with Crippen molar-refractivity contribution in [2.45, 2.75) is 37.8 Å². The van der Waals surface area contributed by atoms with Gasteiger partial charge in [0.15, 0.2) is 0 Å². The van der Waals surface area contributed by atoms with Crippen molar-refractivity contribution in [1.29, 1.82) is 0 Å². The van der Waals surface area contributed by atoms with Gasteiger partial charge in [-0.1, -0.05) is 0 Å². The zero-order chi connectivity index (χ0) is 9.60. The molecule has 3 fully saturated rings. The molecule has 1 saturated carbocycles. The molecule has 14 heavy (non-hydrogen) atoms. The van der Waals surface area contributed by atoms with Gasteiger partial charge in [0.25, 0.3) is 0 Å². The zero-order valence-electron chi connectivity index (χ0n) is 8.50. The molecule has 0 aromatic rings. The van der Waals surface area contributed by atoms with Crippen molar-refractivity contribution >= 4 is 5.78 Å². The molecule has 0 aromatic heterocycles. The number of Topliss-reactive ketones (excluding diaryl/α,β-unsaturated/α-hetero) is 1. The van der Waals surface area contributed by atoms with Crippen LogP contribution in [-0.2, 0) is 9.53 Å². The van der Waals surface area contributed by atoms with Crippen LogP contribution in [0.4, 0.5) is 0 Å². The van der Waals surface area contributed by atoms with Gasteiger partial charge in [-0.2, -0.15) is 0 Å². The number of carbonyl (C=O) groups is 1. The Morgan fingerprint density at radius 1 is 1.36 bits per heavy atom. The minimum absolute atomic E-state index is 0.159. The summed E-state index contributed by atoms with van der Waals surface area (Å²) in [6.45, 7) is 2.98. The Morgan fingerprint density at radius 2 is 2.29 bits per heavy atom. The van der Waals surface area contributed by atoms with Crippen molar-refractivity contribution in [3.05, 3.63) is 0 Å². The summed E-state index contributed by atoms with van der Waals surface area (Å²) in [6, 6.07) is 0. The zero-order valence-corrected chi connectivity index (χ0v) is 8.50. The Labute approximate surface area is 84.4 Å². The van der Waals surface area contributed by atoms with Gasteiger partial charge in [0, 0.05) is 19.5 Å². The van der Waals surface area contributed by atoms with Gasteiger partial charge in [0.2, 0.25) is 0 Å². The monoisotopic (exact) mass is 195 g/mol. The van der Waals surface area contributed by atoms with Gasteiger partial charge in [0.1, 0.15) is 11.5 Å². The first-order valence-electron chi connectivity index (χ1n) is 5.75. The van der Waals surface area contributed by atoms with Crippen LogP contribution in [0.1, 0.15) is 32.1 Å². The van der Waals surface area contributed by atoms with Crippen LogP contribution in [0.15, 0.2) is 0 Å². The number of rotatable bonds is 0. The summed E-state index contributed by atoms with van der Waals surface area (Å²) in [5, 5.41) is 0. The number of nitrogens with zero attached hydrogens (tertiary/aromatic N) is 1. The van der Waals surface area contributed by atoms with Crippen molar-refractivity contribution < 1.29 is 9.53 Å². The van der Waals surface area contributed by atoms with Gasteiger partial charge in [-0.15, -0.1) is 0 Å². The molecule has 2 atom stereocenters. The first-order valence-corrected chi connectivity index (χ1v) is 5.75. The summed E-state index contributed by atoms with van der Waals surface area (Å²) in [4.78, 5) is 14.3. The molecule has 78 valence electrons. The number of hydrogen-bond acceptors (Lipinski definition) is 3. The van der Waals surface area contributed by atoms with E-state index in [9.17, 15) is 4.79 Å². The Morgan fingerprint density at radius 3 is 3.21 bits per heavy atom. The van der Waals surface area contributed by atoms with E-state index in [1.165, 1.54) is 6.42 Å². The van der Waals surface area contributed by atoms with Crippen molar-refractivity contribution in [3.63, 3.8) is 0 Å². The predicted octanol–water partition coefficient (Wildman–Crippen LogP) is 1.18. The largest absolute Gasteiger partial charge is 0.358 e. The summed E-state index contributed by atoms with van der Waals surface area (Å²) >= 11 is 0. The van der Waals surface area contributed by atoms with Gasteiger partial charge < -0.3 is 4.74 Å². The molecule has 2 aliphatic heterocycles. The molecule has 2 heterocycles. The first-order chi connectivity index (χ1) is 6.83. The van der Waals surface area contributed by atoms with Crippen LogP contribution in [0.25, 0.3) is 0 Å². The number of hydrogen-bond donors (Lipinski definition) is 0. The second-order valence-electron chi connectivity index (χ2n) is 4.70. The minimum Gasteiger partial charge on any atom is -0.358 e. The molecule has 3 heteroatoms. The van der Waals surface area contributed by atoms with Gasteiger partial charge in [-0.3, -0.25) is 9.69 Å². The molecule has 1 aliphatic carbocycles.